The quantitative estimate of drug-likeness (QED) is 0.361. The van der Waals surface area contributed by atoms with Crippen LogP contribution >= 0.6 is 27.7 Å². The van der Waals surface area contributed by atoms with Crippen molar-refractivity contribution in [1.82, 2.24) is 0 Å². The molecule has 4 nitrogen and oxygen atoms in total. The van der Waals surface area contributed by atoms with Crippen molar-refractivity contribution in [1.29, 1.82) is 0 Å². The van der Waals surface area contributed by atoms with Crippen LogP contribution < -0.4 is 10.6 Å². The Kier molecular flexibility index (Phi) is 7.81. The van der Waals surface area contributed by atoms with E-state index in [9.17, 15) is 18.4 Å². The molecule has 0 aliphatic rings. The first-order chi connectivity index (χ1) is 14.9. The standard InChI is InChI=1S/C23H19BrF2N2O2S/c1-2-21(23(30)28-20-11-10-14(24)12-19(20)26)31-16-7-5-6-15(13-16)27-22(29)17-8-3-4-9-18(17)25/h3-13,21H,2H2,1H3,(H,27,29)(H,28,30). The van der Waals surface area contributed by atoms with E-state index in [-0.39, 0.29) is 17.2 Å². The summed E-state index contributed by atoms with van der Waals surface area (Å²) < 4.78 is 28.4. The molecule has 0 saturated carbocycles. The third-order valence-corrected chi connectivity index (χ3v) is 6.19. The summed E-state index contributed by atoms with van der Waals surface area (Å²) in [5.74, 6) is -2.01. The van der Waals surface area contributed by atoms with Crippen LogP contribution in [0.2, 0.25) is 0 Å². The molecule has 160 valence electrons. The second kappa shape index (κ2) is 10.5. The molecular formula is C23H19BrF2N2O2S. The van der Waals surface area contributed by atoms with Crippen LogP contribution in [0.5, 0.6) is 0 Å². The number of rotatable bonds is 7. The number of thioether (sulfide) groups is 1. The summed E-state index contributed by atoms with van der Waals surface area (Å²) in [4.78, 5) is 25.7. The Balaban J connectivity index is 1.69. The van der Waals surface area contributed by atoms with E-state index in [1.54, 1.807) is 36.4 Å². The number of hydrogen-bond acceptors (Lipinski definition) is 3. The molecular weight excluding hydrogens is 486 g/mol. The minimum absolute atomic E-state index is 0.0529. The van der Waals surface area contributed by atoms with Crippen LogP contribution in [0.25, 0.3) is 0 Å². The van der Waals surface area contributed by atoms with Gasteiger partial charge in [-0.25, -0.2) is 8.78 Å². The lowest BCUT2D eigenvalue weighted by molar-refractivity contribution is -0.115. The van der Waals surface area contributed by atoms with E-state index < -0.39 is 22.8 Å². The zero-order valence-electron chi connectivity index (χ0n) is 16.5. The van der Waals surface area contributed by atoms with Crippen LogP contribution in [0.3, 0.4) is 0 Å². The largest absolute Gasteiger partial charge is 0.323 e. The molecule has 2 amide bonds. The number of carbonyl (C=O) groups excluding carboxylic acids is 2. The van der Waals surface area contributed by atoms with E-state index in [0.29, 0.717) is 16.6 Å². The van der Waals surface area contributed by atoms with Crippen molar-refractivity contribution in [2.24, 2.45) is 0 Å². The monoisotopic (exact) mass is 504 g/mol. The Morgan fingerprint density at radius 3 is 2.45 bits per heavy atom. The predicted octanol–water partition coefficient (Wildman–Crippen LogP) is 6.49. The first kappa shape index (κ1) is 23.0. The van der Waals surface area contributed by atoms with Gasteiger partial charge >= 0.3 is 0 Å². The van der Waals surface area contributed by atoms with Gasteiger partial charge in [-0.1, -0.05) is 41.1 Å². The molecule has 0 aromatic heterocycles. The van der Waals surface area contributed by atoms with Crippen LogP contribution in [0, 0.1) is 11.6 Å². The van der Waals surface area contributed by atoms with Crippen molar-refractivity contribution in [3.05, 3.63) is 88.4 Å². The SMILES string of the molecule is CCC(Sc1cccc(NC(=O)c2ccccc2F)c1)C(=O)Nc1ccc(Br)cc1F. The van der Waals surface area contributed by atoms with Crippen molar-refractivity contribution in [3.8, 4) is 0 Å². The van der Waals surface area contributed by atoms with Gasteiger partial charge in [-0.15, -0.1) is 11.8 Å². The molecule has 0 spiro atoms. The van der Waals surface area contributed by atoms with Crippen LogP contribution in [-0.4, -0.2) is 17.1 Å². The summed E-state index contributed by atoms with van der Waals surface area (Å²) in [6.07, 6.45) is 0.514. The average Bonchev–Trinajstić information content (AvgIpc) is 2.74. The van der Waals surface area contributed by atoms with Crippen LogP contribution in [0.4, 0.5) is 20.2 Å². The molecule has 0 aliphatic heterocycles. The highest BCUT2D eigenvalue weighted by Crippen LogP contribution is 2.29. The number of benzene rings is 3. The maximum atomic E-state index is 14.0. The van der Waals surface area contributed by atoms with E-state index in [0.717, 1.165) is 4.90 Å². The van der Waals surface area contributed by atoms with Gasteiger partial charge in [-0.05, 0) is 55.0 Å². The Morgan fingerprint density at radius 2 is 1.74 bits per heavy atom. The van der Waals surface area contributed by atoms with Crippen molar-refractivity contribution < 1.29 is 18.4 Å². The van der Waals surface area contributed by atoms with Crippen molar-refractivity contribution in [3.63, 3.8) is 0 Å². The van der Waals surface area contributed by atoms with E-state index in [4.69, 9.17) is 0 Å². The summed E-state index contributed by atoms with van der Waals surface area (Å²) >= 11 is 4.48. The van der Waals surface area contributed by atoms with Crippen LogP contribution in [-0.2, 0) is 4.79 Å². The number of nitrogens with one attached hydrogen (secondary N) is 2. The fraction of sp³-hybridized carbons (Fsp3) is 0.130. The van der Waals surface area contributed by atoms with Gasteiger partial charge in [0.25, 0.3) is 5.91 Å². The molecule has 0 aliphatic carbocycles. The van der Waals surface area contributed by atoms with Crippen molar-refractivity contribution >= 4 is 50.9 Å². The maximum absolute atomic E-state index is 14.0. The smallest absolute Gasteiger partial charge is 0.258 e. The van der Waals surface area contributed by atoms with Gasteiger partial charge in [0.05, 0.1) is 16.5 Å². The summed E-state index contributed by atoms with van der Waals surface area (Å²) in [6, 6.07) is 17.1. The predicted molar refractivity (Wildman–Crippen MR) is 123 cm³/mol. The molecule has 2 N–H and O–H groups in total. The molecule has 3 rings (SSSR count). The van der Waals surface area contributed by atoms with Crippen molar-refractivity contribution in [2.75, 3.05) is 10.6 Å². The molecule has 0 saturated heterocycles. The minimum Gasteiger partial charge on any atom is -0.323 e. The molecule has 31 heavy (non-hydrogen) atoms. The Bertz CT molecular complexity index is 1110. The topological polar surface area (TPSA) is 58.2 Å². The van der Waals surface area contributed by atoms with E-state index in [2.05, 4.69) is 26.6 Å². The molecule has 1 unspecified atom stereocenters. The molecule has 3 aromatic rings. The normalized spacial score (nSPS) is 11.6. The van der Waals surface area contributed by atoms with Gasteiger partial charge in [0, 0.05) is 15.1 Å². The maximum Gasteiger partial charge on any atom is 0.258 e. The van der Waals surface area contributed by atoms with Gasteiger partial charge < -0.3 is 10.6 Å². The summed E-state index contributed by atoms with van der Waals surface area (Å²) in [5.41, 5.74) is 0.536. The third kappa shape index (κ3) is 6.15. The summed E-state index contributed by atoms with van der Waals surface area (Å²) in [7, 11) is 0. The first-order valence-electron chi connectivity index (χ1n) is 9.46. The highest BCUT2D eigenvalue weighted by Gasteiger charge is 2.20. The van der Waals surface area contributed by atoms with Gasteiger partial charge in [0.2, 0.25) is 5.91 Å². The Morgan fingerprint density at radius 1 is 0.968 bits per heavy atom. The molecule has 0 radical (unpaired) electrons. The molecule has 1 atom stereocenters. The molecule has 3 aromatic carbocycles. The van der Waals surface area contributed by atoms with Crippen molar-refractivity contribution in [2.45, 2.75) is 23.5 Å². The lowest BCUT2D eigenvalue weighted by atomic mass is 10.2. The van der Waals surface area contributed by atoms with Gasteiger partial charge in [0.15, 0.2) is 0 Å². The van der Waals surface area contributed by atoms with Gasteiger partial charge in [-0.2, -0.15) is 0 Å². The number of amides is 2. The lowest BCUT2D eigenvalue weighted by Gasteiger charge is -2.16. The van der Waals surface area contributed by atoms with E-state index in [1.165, 1.54) is 42.1 Å². The van der Waals surface area contributed by atoms with E-state index in [1.807, 2.05) is 6.92 Å². The Labute approximate surface area is 191 Å². The summed E-state index contributed by atoms with van der Waals surface area (Å²) in [5, 5.41) is 4.81. The third-order valence-electron chi connectivity index (χ3n) is 4.34. The van der Waals surface area contributed by atoms with Gasteiger partial charge in [0.1, 0.15) is 11.6 Å². The number of halogens is 3. The average molecular weight is 505 g/mol. The second-order valence-corrected chi connectivity index (χ2v) is 8.78. The van der Waals surface area contributed by atoms with E-state index >= 15 is 0 Å². The highest BCUT2D eigenvalue weighted by molar-refractivity contribution is 9.10. The first-order valence-corrected chi connectivity index (χ1v) is 11.1. The number of carbonyl (C=O) groups is 2. The Hall–Kier alpha value is -2.71. The highest BCUT2D eigenvalue weighted by atomic mass is 79.9. The lowest BCUT2D eigenvalue weighted by Crippen LogP contribution is -2.25. The molecule has 8 heteroatoms. The van der Waals surface area contributed by atoms with Crippen LogP contribution in [0.15, 0.2) is 76.1 Å². The zero-order valence-corrected chi connectivity index (χ0v) is 18.9. The fourth-order valence-corrected chi connectivity index (χ4v) is 4.13. The molecule has 0 bridgehead atoms. The van der Waals surface area contributed by atoms with Crippen LogP contribution in [0.1, 0.15) is 23.7 Å². The molecule has 0 heterocycles. The molecule has 0 fully saturated rings. The minimum atomic E-state index is -0.603. The number of anilines is 2. The second-order valence-electron chi connectivity index (χ2n) is 6.59. The summed E-state index contributed by atoms with van der Waals surface area (Å²) in [6.45, 7) is 1.86. The zero-order chi connectivity index (χ0) is 22.4. The fourth-order valence-electron chi connectivity index (χ4n) is 2.78. The van der Waals surface area contributed by atoms with Gasteiger partial charge in [-0.3, -0.25) is 9.59 Å². The number of hydrogen-bond donors (Lipinski definition) is 2.